The molecule has 7 nitrogen and oxygen atoms in total. The first-order valence-electron chi connectivity index (χ1n) is 8.68. The SMILES string of the molecule is CC(C)(O)c1nc(N2CC3CSC(N)=NC3(c3cccnc3)C2)ncc1F.Cl. The lowest BCUT2D eigenvalue weighted by Crippen LogP contribution is -2.40. The maximum absolute atomic E-state index is 14.1. The van der Waals surface area contributed by atoms with Gasteiger partial charge in [0.25, 0.3) is 0 Å². The average molecular weight is 425 g/mol. The number of halogens is 2. The highest BCUT2D eigenvalue weighted by atomic mass is 35.5. The van der Waals surface area contributed by atoms with Crippen molar-refractivity contribution in [2.24, 2.45) is 16.6 Å². The third-order valence-corrected chi connectivity index (χ3v) is 6.00. The smallest absolute Gasteiger partial charge is 0.225 e. The van der Waals surface area contributed by atoms with Crippen molar-refractivity contribution in [1.29, 1.82) is 0 Å². The number of rotatable bonds is 3. The fraction of sp³-hybridized carbons (Fsp3) is 0.444. The summed E-state index contributed by atoms with van der Waals surface area (Å²) in [5.41, 5.74) is 5.10. The van der Waals surface area contributed by atoms with Gasteiger partial charge < -0.3 is 15.7 Å². The summed E-state index contributed by atoms with van der Waals surface area (Å²) in [6.45, 7) is 4.19. The topological polar surface area (TPSA) is 101 Å². The first-order chi connectivity index (χ1) is 12.8. The molecule has 2 aliphatic heterocycles. The van der Waals surface area contributed by atoms with E-state index in [2.05, 4.69) is 15.0 Å². The van der Waals surface area contributed by atoms with E-state index in [9.17, 15) is 9.50 Å². The third kappa shape index (κ3) is 3.54. The van der Waals surface area contributed by atoms with Gasteiger partial charge in [0.2, 0.25) is 5.95 Å². The summed E-state index contributed by atoms with van der Waals surface area (Å²) in [5.74, 6) is 0.770. The number of aliphatic imine (C=N–C) groups is 1. The molecule has 0 spiro atoms. The van der Waals surface area contributed by atoms with Crippen LogP contribution in [-0.2, 0) is 11.1 Å². The van der Waals surface area contributed by atoms with Gasteiger partial charge in [-0.25, -0.2) is 19.4 Å². The fourth-order valence-corrected chi connectivity index (χ4v) is 4.72. The van der Waals surface area contributed by atoms with E-state index in [0.717, 1.165) is 17.5 Å². The van der Waals surface area contributed by atoms with Crippen LogP contribution in [0, 0.1) is 11.7 Å². The van der Waals surface area contributed by atoms with Crippen LogP contribution >= 0.6 is 24.2 Å². The van der Waals surface area contributed by atoms with Crippen LogP contribution in [0.1, 0.15) is 25.1 Å². The van der Waals surface area contributed by atoms with Gasteiger partial charge >= 0.3 is 0 Å². The van der Waals surface area contributed by atoms with Crippen LogP contribution in [0.5, 0.6) is 0 Å². The van der Waals surface area contributed by atoms with Crippen LogP contribution in [0.15, 0.2) is 35.7 Å². The molecular formula is C18H22ClFN6OS. The van der Waals surface area contributed by atoms with Gasteiger partial charge in [0.15, 0.2) is 11.0 Å². The minimum atomic E-state index is -1.40. The van der Waals surface area contributed by atoms with E-state index < -0.39 is 17.0 Å². The molecule has 0 bridgehead atoms. The molecular weight excluding hydrogens is 403 g/mol. The van der Waals surface area contributed by atoms with Crippen molar-refractivity contribution in [3.8, 4) is 0 Å². The van der Waals surface area contributed by atoms with Gasteiger partial charge in [0.1, 0.15) is 16.8 Å². The number of nitrogens with zero attached hydrogens (tertiary/aromatic N) is 5. The van der Waals surface area contributed by atoms with Crippen molar-refractivity contribution in [2.75, 3.05) is 23.7 Å². The molecule has 2 atom stereocenters. The highest BCUT2D eigenvalue weighted by Crippen LogP contribution is 2.45. The minimum Gasteiger partial charge on any atom is -0.384 e. The maximum atomic E-state index is 14.1. The Kier molecular flexibility index (Phi) is 5.53. The van der Waals surface area contributed by atoms with Crippen LogP contribution in [-0.4, -0.2) is 44.1 Å². The Morgan fingerprint density at radius 3 is 2.86 bits per heavy atom. The minimum absolute atomic E-state index is 0. The lowest BCUT2D eigenvalue weighted by Gasteiger charge is -2.34. The van der Waals surface area contributed by atoms with E-state index in [1.54, 1.807) is 6.20 Å². The average Bonchev–Trinajstić information content (AvgIpc) is 3.02. The maximum Gasteiger partial charge on any atom is 0.225 e. The van der Waals surface area contributed by atoms with Crippen molar-refractivity contribution >= 4 is 35.3 Å². The molecule has 28 heavy (non-hydrogen) atoms. The number of anilines is 1. The number of nitrogens with two attached hydrogens (primary N) is 1. The molecule has 2 aromatic rings. The van der Waals surface area contributed by atoms with E-state index in [-0.39, 0.29) is 24.0 Å². The molecule has 0 aliphatic carbocycles. The zero-order chi connectivity index (χ0) is 19.2. The van der Waals surface area contributed by atoms with Crippen LogP contribution in [0.25, 0.3) is 0 Å². The van der Waals surface area contributed by atoms with E-state index in [0.29, 0.717) is 24.2 Å². The van der Waals surface area contributed by atoms with Gasteiger partial charge in [-0.3, -0.25) is 4.98 Å². The summed E-state index contributed by atoms with van der Waals surface area (Å²) in [7, 11) is 0. The summed E-state index contributed by atoms with van der Waals surface area (Å²) in [4.78, 5) is 19.5. The van der Waals surface area contributed by atoms with Crippen molar-refractivity contribution < 1.29 is 9.50 Å². The Morgan fingerprint density at radius 1 is 1.39 bits per heavy atom. The van der Waals surface area contributed by atoms with Crippen LogP contribution < -0.4 is 10.6 Å². The van der Waals surface area contributed by atoms with Crippen LogP contribution in [0.4, 0.5) is 10.3 Å². The molecule has 2 unspecified atom stereocenters. The van der Waals surface area contributed by atoms with Gasteiger partial charge in [-0.15, -0.1) is 12.4 Å². The summed E-state index contributed by atoms with van der Waals surface area (Å²) >= 11 is 1.53. The van der Waals surface area contributed by atoms with Crippen molar-refractivity contribution in [1.82, 2.24) is 15.0 Å². The molecule has 4 heterocycles. The normalized spacial score (nSPS) is 24.4. The molecule has 0 radical (unpaired) electrons. The predicted molar refractivity (Wildman–Crippen MR) is 110 cm³/mol. The summed E-state index contributed by atoms with van der Waals surface area (Å²) in [5, 5.41) is 10.8. The molecule has 1 fully saturated rings. The van der Waals surface area contributed by atoms with Gasteiger partial charge in [0.05, 0.1) is 12.7 Å². The monoisotopic (exact) mass is 424 g/mol. The van der Waals surface area contributed by atoms with E-state index in [1.165, 1.54) is 25.6 Å². The number of pyridine rings is 1. The van der Waals surface area contributed by atoms with Gasteiger partial charge in [-0.05, 0) is 19.9 Å². The van der Waals surface area contributed by atoms with E-state index in [4.69, 9.17) is 10.7 Å². The zero-order valence-corrected chi connectivity index (χ0v) is 17.2. The molecule has 0 saturated carbocycles. The largest absolute Gasteiger partial charge is 0.384 e. The molecule has 150 valence electrons. The second-order valence-corrected chi connectivity index (χ2v) is 8.47. The number of fused-ring (bicyclic) bond motifs is 1. The van der Waals surface area contributed by atoms with Gasteiger partial charge in [-0.2, -0.15) is 0 Å². The third-order valence-electron chi connectivity index (χ3n) is 5.05. The Balaban J connectivity index is 0.00000225. The number of aliphatic hydroxyl groups is 1. The molecule has 4 rings (SSSR count). The van der Waals surface area contributed by atoms with Crippen molar-refractivity contribution in [3.63, 3.8) is 0 Å². The Labute approximate surface area is 173 Å². The standard InChI is InChI=1S/C18H21FN6OS.ClH/c1-17(2,26)14-13(19)7-22-16(23-14)25-8-12-9-27-15(20)24-18(12,10-25)11-4-3-5-21-6-11;/h3-7,12,26H,8-10H2,1-2H3,(H2,20,24);1H. The van der Waals surface area contributed by atoms with Crippen LogP contribution in [0.2, 0.25) is 0 Å². The lowest BCUT2D eigenvalue weighted by molar-refractivity contribution is 0.0693. The summed E-state index contributed by atoms with van der Waals surface area (Å²) < 4.78 is 14.1. The fourth-order valence-electron chi connectivity index (χ4n) is 3.74. The first kappa shape index (κ1) is 20.8. The molecule has 2 aromatic heterocycles. The summed E-state index contributed by atoms with van der Waals surface area (Å²) in [6, 6.07) is 3.89. The highest BCUT2D eigenvalue weighted by molar-refractivity contribution is 8.13. The quantitative estimate of drug-likeness (QED) is 0.777. The molecule has 0 aromatic carbocycles. The Morgan fingerprint density at radius 2 is 2.18 bits per heavy atom. The van der Waals surface area contributed by atoms with Gasteiger partial charge in [-0.1, -0.05) is 17.8 Å². The summed E-state index contributed by atoms with van der Waals surface area (Å²) in [6.07, 6.45) is 4.66. The first-order valence-corrected chi connectivity index (χ1v) is 9.67. The highest BCUT2D eigenvalue weighted by Gasteiger charge is 2.51. The number of thioether (sulfide) groups is 1. The van der Waals surface area contributed by atoms with Crippen molar-refractivity contribution in [3.05, 3.63) is 47.8 Å². The van der Waals surface area contributed by atoms with E-state index >= 15 is 0 Å². The predicted octanol–water partition coefficient (Wildman–Crippen LogP) is 2.05. The number of amidine groups is 1. The molecule has 0 amide bonds. The molecule has 10 heteroatoms. The van der Waals surface area contributed by atoms with Gasteiger partial charge in [0, 0.05) is 36.2 Å². The van der Waals surface area contributed by atoms with Crippen LogP contribution in [0.3, 0.4) is 0 Å². The Bertz CT molecular complexity index is 893. The number of aromatic nitrogens is 3. The van der Waals surface area contributed by atoms with E-state index in [1.807, 2.05) is 23.2 Å². The number of hydrogen-bond acceptors (Lipinski definition) is 8. The Hall–Kier alpha value is -1.97. The van der Waals surface area contributed by atoms with Crippen molar-refractivity contribution in [2.45, 2.75) is 25.0 Å². The second-order valence-electron chi connectivity index (χ2n) is 7.43. The molecule has 3 N–H and O–H groups in total. The lowest BCUT2D eigenvalue weighted by atomic mass is 9.83. The molecule has 2 aliphatic rings. The second kappa shape index (κ2) is 7.46. The molecule has 1 saturated heterocycles. The number of hydrogen-bond donors (Lipinski definition) is 2. The zero-order valence-electron chi connectivity index (χ0n) is 15.5.